The van der Waals surface area contributed by atoms with Crippen LogP contribution in [0.4, 0.5) is 0 Å². The number of aromatic nitrogens is 2. The summed E-state index contributed by atoms with van der Waals surface area (Å²) in [6.45, 7) is 2.12. The highest BCUT2D eigenvalue weighted by atomic mass is 15.1. The lowest BCUT2D eigenvalue weighted by molar-refractivity contribution is 1.10. The summed E-state index contributed by atoms with van der Waals surface area (Å²) < 4.78 is 2.28. The Hall–Kier alpha value is -5.99. The van der Waals surface area contributed by atoms with Gasteiger partial charge in [0.15, 0.2) is 0 Å². The van der Waals surface area contributed by atoms with Gasteiger partial charge in [0, 0.05) is 11.3 Å². The predicted octanol–water partition coefficient (Wildman–Crippen LogP) is 11.8. The molecule has 1 aromatic heterocycles. The fourth-order valence-corrected chi connectivity index (χ4v) is 7.13. The molecule has 0 atom stereocenters. The summed E-state index contributed by atoms with van der Waals surface area (Å²) in [7, 11) is 0. The van der Waals surface area contributed by atoms with Gasteiger partial charge in [0.25, 0.3) is 0 Å². The van der Waals surface area contributed by atoms with Crippen LogP contribution in [0.1, 0.15) is 5.56 Å². The van der Waals surface area contributed by atoms with Gasteiger partial charge in [-0.25, -0.2) is 4.98 Å². The fraction of sp³-hybridized carbons (Fsp3) is 0.0227. The van der Waals surface area contributed by atoms with Gasteiger partial charge in [-0.2, -0.15) is 0 Å². The maximum Gasteiger partial charge on any atom is 0.145 e. The van der Waals surface area contributed by atoms with E-state index in [0.29, 0.717) is 0 Å². The first-order valence-corrected chi connectivity index (χ1v) is 15.8. The van der Waals surface area contributed by atoms with Crippen molar-refractivity contribution in [2.75, 3.05) is 0 Å². The molecule has 2 heteroatoms. The standard InChI is InChI=1S/C44H30N2/c1-29-22-25-41-40(26-29)45-44(46(41)35-16-3-2-4-17-35)34-15-11-14-32(28-34)42-36-18-7-9-20-38(36)43(39-21-10-8-19-37(39)42)33-24-23-30-12-5-6-13-31(30)27-33/h2-28H,1H3. The van der Waals surface area contributed by atoms with Gasteiger partial charge in [0.2, 0.25) is 0 Å². The first kappa shape index (κ1) is 26.4. The lowest BCUT2D eigenvalue weighted by atomic mass is 9.85. The summed E-state index contributed by atoms with van der Waals surface area (Å²) >= 11 is 0. The van der Waals surface area contributed by atoms with Gasteiger partial charge in [0.05, 0.1) is 11.0 Å². The number of nitrogens with zero attached hydrogens (tertiary/aromatic N) is 2. The predicted molar refractivity (Wildman–Crippen MR) is 195 cm³/mol. The Labute approximate surface area is 267 Å². The smallest absolute Gasteiger partial charge is 0.145 e. The highest BCUT2D eigenvalue weighted by Crippen LogP contribution is 2.44. The molecule has 1 heterocycles. The van der Waals surface area contributed by atoms with E-state index in [1.807, 2.05) is 0 Å². The van der Waals surface area contributed by atoms with Crippen LogP contribution in [0.15, 0.2) is 164 Å². The van der Waals surface area contributed by atoms with Gasteiger partial charge < -0.3 is 0 Å². The van der Waals surface area contributed by atoms with Crippen molar-refractivity contribution in [2.24, 2.45) is 0 Å². The van der Waals surface area contributed by atoms with Gasteiger partial charge >= 0.3 is 0 Å². The quantitative estimate of drug-likeness (QED) is 0.188. The number of imidazole rings is 1. The zero-order valence-electron chi connectivity index (χ0n) is 25.5. The van der Waals surface area contributed by atoms with Crippen molar-refractivity contribution in [3.8, 4) is 39.3 Å². The van der Waals surface area contributed by atoms with E-state index in [4.69, 9.17) is 4.98 Å². The van der Waals surface area contributed by atoms with Crippen molar-refractivity contribution in [1.82, 2.24) is 9.55 Å². The number of rotatable bonds is 4. The van der Waals surface area contributed by atoms with Crippen LogP contribution in [0, 0.1) is 6.92 Å². The lowest BCUT2D eigenvalue weighted by Gasteiger charge is -2.18. The Balaban J connectivity index is 1.31. The van der Waals surface area contributed by atoms with E-state index in [2.05, 4.69) is 175 Å². The average molecular weight is 587 g/mol. The molecule has 9 aromatic rings. The van der Waals surface area contributed by atoms with E-state index in [0.717, 1.165) is 28.1 Å². The summed E-state index contributed by atoms with van der Waals surface area (Å²) in [5, 5.41) is 7.50. The maximum absolute atomic E-state index is 5.22. The molecule has 0 bridgehead atoms. The first-order chi connectivity index (χ1) is 22.7. The molecule has 46 heavy (non-hydrogen) atoms. The number of para-hydroxylation sites is 1. The van der Waals surface area contributed by atoms with E-state index >= 15 is 0 Å². The molecular formula is C44H30N2. The molecule has 0 aliphatic rings. The number of hydrogen-bond donors (Lipinski definition) is 0. The number of fused-ring (bicyclic) bond motifs is 4. The molecule has 0 amide bonds. The molecule has 2 nitrogen and oxygen atoms in total. The molecule has 0 N–H and O–H groups in total. The second kappa shape index (κ2) is 10.6. The van der Waals surface area contributed by atoms with Gasteiger partial charge in [-0.15, -0.1) is 0 Å². The van der Waals surface area contributed by atoms with Crippen LogP contribution in [0.3, 0.4) is 0 Å². The fourth-order valence-electron chi connectivity index (χ4n) is 7.13. The van der Waals surface area contributed by atoms with Gasteiger partial charge in [-0.05, 0) is 103 Å². The molecule has 0 radical (unpaired) electrons. The maximum atomic E-state index is 5.22. The highest BCUT2D eigenvalue weighted by Gasteiger charge is 2.19. The topological polar surface area (TPSA) is 17.8 Å². The van der Waals surface area contributed by atoms with E-state index < -0.39 is 0 Å². The first-order valence-electron chi connectivity index (χ1n) is 15.8. The monoisotopic (exact) mass is 586 g/mol. The van der Waals surface area contributed by atoms with Crippen LogP contribution in [-0.2, 0) is 0 Å². The van der Waals surface area contributed by atoms with Crippen molar-refractivity contribution in [3.05, 3.63) is 169 Å². The molecule has 8 aromatic carbocycles. The average Bonchev–Trinajstić information content (AvgIpc) is 3.49. The third kappa shape index (κ3) is 4.22. The van der Waals surface area contributed by atoms with Gasteiger partial charge in [-0.1, -0.05) is 127 Å². The van der Waals surface area contributed by atoms with E-state index in [9.17, 15) is 0 Å². The Bertz CT molecular complexity index is 2530. The largest absolute Gasteiger partial charge is 0.292 e. The molecule has 0 saturated heterocycles. The summed E-state index contributed by atoms with van der Waals surface area (Å²) in [5.41, 5.74) is 10.4. The van der Waals surface area contributed by atoms with Crippen LogP contribution >= 0.6 is 0 Å². The normalized spacial score (nSPS) is 11.6. The highest BCUT2D eigenvalue weighted by molar-refractivity contribution is 6.21. The Kier molecular flexibility index (Phi) is 6.07. The zero-order valence-corrected chi connectivity index (χ0v) is 25.5. The van der Waals surface area contributed by atoms with Crippen molar-refractivity contribution in [2.45, 2.75) is 6.92 Å². The van der Waals surface area contributed by atoms with Crippen LogP contribution < -0.4 is 0 Å². The minimum atomic E-state index is 0.940. The van der Waals surface area contributed by atoms with E-state index in [-0.39, 0.29) is 0 Å². The summed E-state index contributed by atoms with van der Waals surface area (Å²) in [4.78, 5) is 5.22. The van der Waals surface area contributed by atoms with Gasteiger partial charge in [-0.3, -0.25) is 4.57 Å². The van der Waals surface area contributed by atoms with Crippen molar-refractivity contribution in [1.29, 1.82) is 0 Å². The molecular weight excluding hydrogens is 556 g/mol. The Morgan fingerprint density at radius 3 is 1.72 bits per heavy atom. The van der Waals surface area contributed by atoms with Gasteiger partial charge in [0.1, 0.15) is 5.82 Å². The zero-order chi connectivity index (χ0) is 30.6. The molecule has 0 unspecified atom stereocenters. The number of benzene rings is 8. The number of hydrogen-bond acceptors (Lipinski definition) is 1. The van der Waals surface area contributed by atoms with E-state index in [1.54, 1.807) is 0 Å². The molecule has 0 aliphatic heterocycles. The summed E-state index contributed by atoms with van der Waals surface area (Å²) in [6.07, 6.45) is 0. The van der Waals surface area contributed by atoms with Crippen molar-refractivity contribution in [3.63, 3.8) is 0 Å². The lowest BCUT2D eigenvalue weighted by Crippen LogP contribution is -1.97. The van der Waals surface area contributed by atoms with Crippen LogP contribution in [-0.4, -0.2) is 9.55 Å². The number of aryl methyl sites for hydroxylation is 1. The van der Waals surface area contributed by atoms with Crippen LogP contribution in [0.2, 0.25) is 0 Å². The second-order valence-corrected chi connectivity index (χ2v) is 12.1. The molecule has 0 fully saturated rings. The molecule has 9 rings (SSSR count). The SMILES string of the molecule is Cc1ccc2c(c1)nc(-c1cccc(-c3c4ccccc4c(-c4ccc5ccccc5c4)c4ccccc34)c1)n2-c1ccccc1. The second-order valence-electron chi connectivity index (χ2n) is 12.1. The molecule has 0 saturated carbocycles. The molecule has 0 spiro atoms. The van der Waals surface area contributed by atoms with Crippen LogP contribution in [0.5, 0.6) is 0 Å². The summed E-state index contributed by atoms with van der Waals surface area (Å²) in [6, 6.07) is 59.2. The Morgan fingerprint density at radius 2 is 1.02 bits per heavy atom. The van der Waals surface area contributed by atoms with Crippen molar-refractivity contribution < 1.29 is 0 Å². The van der Waals surface area contributed by atoms with Crippen LogP contribution in [0.25, 0.3) is 82.7 Å². The summed E-state index contributed by atoms with van der Waals surface area (Å²) in [5.74, 6) is 0.940. The Morgan fingerprint density at radius 1 is 0.435 bits per heavy atom. The minimum Gasteiger partial charge on any atom is -0.292 e. The van der Waals surface area contributed by atoms with Crippen molar-refractivity contribution >= 4 is 43.4 Å². The van der Waals surface area contributed by atoms with E-state index in [1.165, 1.54) is 60.1 Å². The third-order valence-electron chi connectivity index (χ3n) is 9.20. The minimum absolute atomic E-state index is 0.940. The molecule has 0 aliphatic carbocycles. The third-order valence-corrected chi connectivity index (χ3v) is 9.20. The molecule has 216 valence electrons.